The van der Waals surface area contributed by atoms with Crippen molar-refractivity contribution in [3.8, 4) is 0 Å². The molecular formula is C16H23IN2O. The maximum Gasteiger partial charge on any atom is 0.264 e. The normalized spacial score (nSPS) is 27.9. The molecule has 0 radical (unpaired) electrons. The lowest BCUT2D eigenvalue weighted by Crippen LogP contribution is -2.23. The zero-order valence-electron chi connectivity index (χ0n) is 12.1. The van der Waals surface area contributed by atoms with Gasteiger partial charge in [-0.05, 0) is 54.2 Å². The maximum atomic E-state index is 12.2. The van der Waals surface area contributed by atoms with Gasteiger partial charge in [-0.1, -0.05) is 32.6 Å². The van der Waals surface area contributed by atoms with Crippen LogP contribution in [0.15, 0.2) is 4.79 Å². The molecule has 0 aromatic carbocycles. The van der Waals surface area contributed by atoms with E-state index in [2.05, 4.69) is 34.5 Å². The number of rotatable bonds is 2. The second-order valence-electron chi connectivity index (χ2n) is 6.60. The molecule has 2 aliphatic rings. The highest BCUT2D eigenvalue weighted by atomic mass is 127. The number of nitrogens with one attached hydrogen (secondary N) is 1. The van der Waals surface area contributed by atoms with Gasteiger partial charge in [-0.2, -0.15) is 0 Å². The van der Waals surface area contributed by atoms with Crippen molar-refractivity contribution in [2.75, 3.05) is 0 Å². The van der Waals surface area contributed by atoms with Gasteiger partial charge in [0.25, 0.3) is 5.56 Å². The summed E-state index contributed by atoms with van der Waals surface area (Å²) >= 11 is 2.18. The second kappa shape index (κ2) is 6.16. The Morgan fingerprint density at radius 2 is 1.80 bits per heavy atom. The smallest absolute Gasteiger partial charge is 0.264 e. The minimum atomic E-state index is 0.0794. The molecule has 2 fully saturated rings. The molecule has 2 unspecified atom stereocenters. The Morgan fingerprint density at radius 3 is 2.50 bits per heavy atom. The molecule has 0 spiro atoms. The quantitative estimate of drug-likeness (QED) is 0.770. The van der Waals surface area contributed by atoms with Gasteiger partial charge in [-0.25, -0.2) is 4.98 Å². The summed E-state index contributed by atoms with van der Waals surface area (Å²) in [4.78, 5) is 20.2. The van der Waals surface area contributed by atoms with Crippen molar-refractivity contribution in [2.24, 2.45) is 5.92 Å². The van der Waals surface area contributed by atoms with Crippen LogP contribution in [0.5, 0.6) is 0 Å². The first-order valence-corrected chi connectivity index (χ1v) is 9.02. The van der Waals surface area contributed by atoms with Gasteiger partial charge in [-0.15, -0.1) is 0 Å². The minimum absolute atomic E-state index is 0.0794. The monoisotopic (exact) mass is 386 g/mol. The van der Waals surface area contributed by atoms with Crippen LogP contribution in [0.4, 0.5) is 0 Å². The van der Waals surface area contributed by atoms with Crippen molar-refractivity contribution in [1.29, 1.82) is 0 Å². The van der Waals surface area contributed by atoms with Gasteiger partial charge < -0.3 is 4.98 Å². The molecule has 2 saturated carbocycles. The predicted octanol–water partition coefficient (Wildman–Crippen LogP) is 4.33. The number of hydrogen-bond acceptors (Lipinski definition) is 2. The van der Waals surface area contributed by atoms with Crippen LogP contribution < -0.4 is 5.56 Å². The average Bonchev–Trinajstić information content (AvgIpc) is 2.95. The minimum Gasteiger partial charge on any atom is -0.309 e. The fourth-order valence-electron chi connectivity index (χ4n) is 3.84. The van der Waals surface area contributed by atoms with Crippen LogP contribution in [0.3, 0.4) is 0 Å². The average molecular weight is 386 g/mol. The zero-order valence-corrected chi connectivity index (χ0v) is 14.3. The van der Waals surface area contributed by atoms with Crippen LogP contribution in [0.25, 0.3) is 0 Å². The highest BCUT2D eigenvalue weighted by molar-refractivity contribution is 14.1. The Balaban J connectivity index is 1.93. The maximum absolute atomic E-state index is 12.2. The van der Waals surface area contributed by atoms with E-state index in [0.717, 1.165) is 21.0 Å². The number of halogens is 1. The van der Waals surface area contributed by atoms with Crippen molar-refractivity contribution >= 4 is 22.6 Å². The van der Waals surface area contributed by atoms with E-state index in [1.165, 1.54) is 51.4 Å². The Bertz CT molecular complexity index is 534. The van der Waals surface area contributed by atoms with Gasteiger partial charge in [-0.3, -0.25) is 4.79 Å². The van der Waals surface area contributed by atoms with Crippen LogP contribution >= 0.6 is 22.6 Å². The summed E-state index contributed by atoms with van der Waals surface area (Å²) in [6, 6.07) is 0. The third-order valence-corrected chi connectivity index (χ3v) is 6.01. The number of hydrogen-bond donors (Lipinski definition) is 1. The molecule has 4 heteroatoms. The largest absolute Gasteiger partial charge is 0.309 e. The molecule has 1 aromatic heterocycles. The molecule has 1 heterocycles. The van der Waals surface area contributed by atoms with E-state index in [9.17, 15) is 4.79 Å². The first kappa shape index (κ1) is 14.5. The Kier molecular flexibility index (Phi) is 4.48. The fraction of sp³-hybridized carbons (Fsp3) is 0.750. The van der Waals surface area contributed by atoms with Gasteiger partial charge >= 0.3 is 0 Å². The van der Waals surface area contributed by atoms with E-state index < -0.39 is 0 Å². The first-order chi connectivity index (χ1) is 9.65. The fourth-order valence-corrected chi connectivity index (χ4v) is 4.54. The molecule has 1 N–H and O–H groups in total. The molecule has 2 atom stereocenters. The van der Waals surface area contributed by atoms with Crippen molar-refractivity contribution in [1.82, 2.24) is 9.97 Å². The Hall–Kier alpha value is -0.390. The number of H-pyrrole nitrogens is 1. The molecule has 0 saturated heterocycles. The van der Waals surface area contributed by atoms with Crippen LogP contribution in [0.1, 0.15) is 81.6 Å². The van der Waals surface area contributed by atoms with E-state index in [1.54, 1.807) is 0 Å². The summed E-state index contributed by atoms with van der Waals surface area (Å²) < 4.78 is 0.821. The lowest BCUT2D eigenvalue weighted by molar-refractivity contribution is 0.334. The van der Waals surface area contributed by atoms with Crippen LogP contribution in [0.2, 0.25) is 0 Å². The third-order valence-electron chi connectivity index (χ3n) is 4.97. The third kappa shape index (κ3) is 2.95. The number of nitrogens with zero attached hydrogens (tertiary/aromatic N) is 1. The summed E-state index contributed by atoms with van der Waals surface area (Å²) in [5.74, 6) is 2.70. The topological polar surface area (TPSA) is 45.8 Å². The lowest BCUT2D eigenvalue weighted by atomic mass is 9.82. The summed E-state index contributed by atoms with van der Waals surface area (Å²) in [7, 11) is 0. The molecule has 1 aromatic rings. The lowest BCUT2D eigenvalue weighted by Gasteiger charge is -2.26. The molecule has 2 aliphatic carbocycles. The molecule has 3 rings (SSSR count). The van der Waals surface area contributed by atoms with E-state index in [0.29, 0.717) is 11.8 Å². The highest BCUT2D eigenvalue weighted by Gasteiger charge is 2.27. The first-order valence-electron chi connectivity index (χ1n) is 7.94. The van der Waals surface area contributed by atoms with Crippen molar-refractivity contribution in [2.45, 2.75) is 70.1 Å². The molecule has 0 aliphatic heterocycles. The van der Waals surface area contributed by atoms with E-state index >= 15 is 0 Å². The van der Waals surface area contributed by atoms with E-state index in [-0.39, 0.29) is 5.56 Å². The summed E-state index contributed by atoms with van der Waals surface area (Å²) in [5.41, 5.74) is 1.16. The van der Waals surface area contributed by atoms with Gasteiger partial charge in [0.15, 0.2) is 0 Å². The van der Waals surface area contributed by atoms with Gasteiger partial charge in [0.2, 0.25) is 0 Å². The summed E-state index contributed by atoms with van der Waals surface area (Å²) in [5, 5.41) is 0. The van der Waals surface area contributed by atoms with Gasteiger partial charge in [0.05, 0.1) is 9.26 Å². The van der Waals surface area contributed by atoms with Gasteiger partial charge in [0, 0.05) is 11.8 Å². The molecule has 0 amide bonds. The van der Waals surface area contributed by atoms with Crippen LogP contribution in [-0.4, -0.2) is 9.97 Å². The molecular weight excluding hydrogens is 363 g/mol. The summed E-state index contributed by atoms with van der Waals surface area (Å²) in [6.07, 6.45) is 9.91. The van der Waals surface area contributed by atoms with Crippen molar-refractivity contribution in [3.05, 3.63) is 25.4 Å². The summed E-state index contributed by atoms with van der Waals surface area (Å²) in [6.45, 7) is 2.31. The number of aromatic amines is 1. The van der Waals surface area contributed by atoms with Crippen molar-refractivity contribution in [3.63, 3.8) is 0 Å². The van der Waals surface area contributed by atoms with Crippen molar-refractivity contribution < 1.29 is 0 Å². The van der Waals surface area contributed by atoms with E-state index in [1.807, 2.05) is 0 Å². The van der Waals surface area contributed by atoms with E-state index in [4.69, 9.17) is 4.98 Å². The molecule has 0 bridgehead atoms. The Morgan fingerprint density at radius 1 is 1.10 bits per heavy atom. The highest BCUT2D eigenvalue weighted by Crippen LogP contribution is 2.37. The van der Waals surface area contributed by atoms with Crippen LogP contribution in [0, 0.1) is 9.49 Å². The molecule has 20 heavy (non-hydrogen) atoms. The molecule has 110 valence electrons. The van der Waals surface area contributed by atoms with Gasteiger partial charge in [0.1, 0.15) is 5.82 Å². The Labute approximate surface area is 134 Å². The number of aromatic nitrogens is 2. The second-order valence-corrected chi connectivity index (χ2v) is 7.68. The predicted molar refractivity (Wildman–Crippen MR) is 89.2 cm³/mol. The molecule has 3 nitrogen and oxygen atoms in total. The SMILES string of the molecule is CC1CCCC(c2nc(C3CCCC3)c(I)c(=O)[nH]2)C1. The standard InChI is InChI=1S/C16H23IN2O/c1-10-5-4-8-12(9-10)15-18-14(11-6-2-3-7-11)13(17)16(20)19-15/h10-12H,2-9H2,1H3,(H,18,19,20). The zero-order chi connectivity index (χ0) is 14.1. The van der Waals surface area contributed by atoms with Crippen LogP contribution in [-0.2, 0) is 0 Å².